The summed E-state index contributed by atoms with van der Waals surface area (Å²) >= 11 is 0. The highest BCUT2D eigenvalue weighted by molar-refractivity contribution is 6.02. The van der Waals surface area contributed by atoms with Crippen LogP contribution in [0.25, 0.3) is 22.2 Å². The standard InChI is InChI=1S/C28H27N3O4/c1-4-6-19-15-20(25-22-11-9-17(2)13-23(22)30-31-25)10-12-24(19)34-21-8-5-7-18(14-21)16-28(3)26(32)29-27(33)35-28/h5,7-15H,4,6,16H2,1-3H3,(H,30,31)(H,29,32,33)/t28-/m1/s1. The predicted molar refractivity (Wildman–Crippen MR) is 134 cm³/mol. The number of carbonyl (C=O) groups is 2. The van der Waals surface area contributed by atoms with Gasteiger partial charge >= 0.3 is 6.09 Å². The summed E-state index contributed by atoms with van der Waals surface area (Å²) in [5, 5.41) is 11.0. The van der Waals surface area contributed by atoms with E-state index in [1.54, 1.807) is 6.92 Å². The second kappa shape index (κ2) is 8.91. The molecule has 1 atom stereocenters. The number of aromatic nitrogens is 2. The molecule has 2 N–H and O–H groups in total. The van der Waals surface area contributed by atoms with E-state index in [2.05, 4.69) is 53.6 Å². The molecule has 7 heteroatoms. The second-order valence-corrected chi connectivity index (χ2v) is 9.19. The quantitative estimate of drug-likeness (QED) is 0.354. The van der Waals surface area contributed by atoms with Crippen LogP contribution >= 0.6 is 0 Å². The molecule has 0 aliphatic carbocycles. The van der Waals surface area contributed by atoms with Crippen molar-refractivity contribution in [3.8, 4) is 22.8 Å². The Morgan fingerprint density at radius 3 is 2.69 bits per heavy atom. The van der Waals surface area contributed by atoms with E-state index in [1.807, 2.05) is 36.4 Å². The topological polar surface area (TPSA) is 93.3 Å². The monoisotopic (exact) mass is 469 g/mol. The van der Waals surface area contributed by atoms with E-state index in [-0.39, 0.29) is 6.42 Å². The number of cyclic esters (lactones) is 1. The zero-order chi connectivity index (χ0) is 24.6. The van der Waals surface area contributed by atoms with Gasteiger partial charge in [-0.1, -0.05) is 37.6 Å². The number of nitrogens with one attached hydrogen (secondary N) is 2. The summed E-state index contributed by atoms with van der Waals surface area (Å²) in [5.41, 5.74) is 4.86. The van der Waals surface area contributed by atoms with E-state index in [1.165, 1.54) is 5.56 Å². The molecule has 1 aromatic heterocycles. The molecule has 0 bridgehead atoms. The van der Waals surface area contributed by atoms with Crippen LogP contribution in [0, 0.1) is 6.92 Å². The molecule has 3 aromatic carbocycles. The van der Waals surface area contributed by atoms with Crippen LogP contribution in [0.5, 0.6) is 11.5 Å². The number of fused-ring (bicyclic) bond motifs is 1. The first-order chi connectivity index (χ1) is 16.8. The number of aromatic amines is 1. The number of amides is 2. The Labute approximate surface area is 203 Å². The van der Waals surface area contributed by atoms with Gasteiger partial charge in [-0.2, -0.15) is 5.10 Å². The van der Waals surface area contributed by atoms with Gasteiger partial charge in [0.25, 0.3) is 5.91 Å². The van der Waals surface area contributed by atoms with Gasteiger partial charge in [0.2, 0.25) is 0 Å². The van der Waals surface area contributed by atoms with Crippen molar-refractivity contribution in [2.24, 2.45) is 0 Å². The van der Waals surface area contributed by atoms with Gasteiger partial charge in [-0.15, -0.1) is 0 Å². The minimum absolute atomic E-state index is 0.258. The van der Waals surface area contributed by atoms with Gasteiger partial charge < -0.3 is 9.47 Å². The smallest absolute Gasteiger partial charge is 0.415 e. The van der Waals surface area contributed by atoms with E-state index < -0.39 is 17.6 Å². The molecule has 4 aromatic rings. The van der Waals surface area contributed by atoms with Crippen LogP contribution in [0.1, 0.15) is 37.0 Å². The second-order valence-electron chi connectivity index (χ2n) is 9.19. The fraction of sp³-hybridized carbons (Fsp3) is 0.250. The lowest BCUT2D eigenvalue weighted by Crippen LogP contribution is -2.38. The molecule has 1 fully saturated rings. The van der Waals surface area contributed by atoms with Gasteiger partial charge in [0.15, 0.2) is 5.60 Å². The molecule has 0 radical (unpaired) electrons. The number of H-pyrrole nitrogens is 1. The maximum absolute atomic E-state index is 12.1. The fourth-order valence-corrected chi connectivity index (χ4v) is 4.50. The normalized spacial score (nSPS) is 17.5. The van der Waals surface area contributed by atoms with Crippen molar-refractivity contribution in [2.75, 3.05) is 0 Å². The molecule has 0 saturated carbocycles. The Hall–Kier alpha value is -4.13. The van der Waals surface area contributed by atoms with E-state index in [9.17, 15) is 9.59 Å². The molecule has 5 rings (SSSR count). The van der Waals surface area contributed by atoms with Gasteiger partial charge in [-0.05, 0) is 73.4 Å². The van der Waals surface area contributed by atoms with Gasteiger partial charge in [0.05, 0.1) is 11.2 Å². The van der Waals surface area contributed by atoms with Crippen LogP contribution < -0.4 is 10.1 Å². The first kappa shape index (κ1) is 22.7. The summed E-state index contributed by atoms with van der Waals surface area (Å²) in [5.74, 6) is 0.997. The van der Waals surface area contributed by atoms with Crippen LogP contribution in [0.4, 0.5) is 4.79 Å². The number of ether oxygens (including phenoxy) is 2. The van der Waals surface area contributed by atoms with Crippen molar-refractivity contribution in [1.29, 1.82) is 0 Å². The minimum atomic E-state index is -1.23. The number of rotatable bonds is 7. The number of hydrogen-bond acceptors (Lipinski definition) is 5. The van der Waals surface area contributed by atoms with E-state index in [0.717, 1.165) is 51.9 Å². The lowest BCUT2D eigenvalue weighted by Gasteiger charge is -2.19. The van der Waals surface area contributed by atoms with E-state index in [0.29, 0.717) is 5.75 Å². The molecule has 7 nitrogen and oxygen atoms in total. The average molecular weight is 470 g/mol. The molecule has 35 heavy (non-hydrogen) atoms. The summed E-state index contributed by atoms with van der Waals surface area (Å²) in [4.78, 5) is 23.6. The number of alkyl carbamates (subject to hydrolysis) is 1. The van der Waals surface area contributed by atoms with E-state index in [4.69, 9.17) is 9.47 Å². The first-order valence-electron chi connectivity index (χ1n) is 11.7. The van der Waals surface area contributed by atoms with Gasteiger partial charge in [0, 0.05) is 17.4 Å². The molecular formula is C28H27N3O4. The van der Waals surface area contributed by atoms with Crippen LogP contribution in [-0.4, -0.2) is 27.8 Å². The predicted octanol–water partition coefficient (Wildman–Crippen LogP) is 5.85. The number of benzene rings is 3. The highest BCUT2D eigenvalue weighted by atomic mass is 16.6. The molecule has 178 valence electrons. The third-order valence-corrected chi connectivity index (χ3v) is 6.25. The number of hydrogen-bond donors (Lipinski definition) is 2. The maximum atomic E-state index is 12.1. The zero-order valence-corrected chi connectivity index (χ0v) is 20.0. The van der Waals surface area contributed by atoms with Gasteiger partial charge in [0.1, 0.15) is 11.5 Å². The number of nitrogens with zero attached hydrogens (tertiary/aromatic N) is 1. The summed E-state index contributed by atoms with van der Waals surface area (Å²) in [6, 6.07) is 19.9. The Balaban J connectivity index is 1.42. The summed E-state index contributed by atoms with van der Waals surface area (Å²) < 4.78 is 11.5. The molecule has 1 aliphatic rings. The van der Waals surface area contributed by atoms with Gasteiger partial charge in [-0.3, -0.25) is 15.2 Å². The average Bonchev–Trinajstić information content (AvgIpc) is 3.34. The maximum Gasteiger partial charge on any atom is 0.415 e. The third kappa shape index (κ3) is 4.49. The van der Waals surface area contributed by atoms with Crippen molar-refractivity contribution in [2.45, 2.75) is 45.6 Å². The van der Waals surface area contributed by atoms with Crippen molar-refractivity contribution in [1.82, 2.24) is 15.5 Å². The van der Waals surface area contributed by atoms with Gasteiger partial charge in [-0.25, -0.2) is 4.79 Å². The minimum Gasteiger partial charge on any atom is -0.457 e. The summed E-state index contributed by atoms with van der Waals surface area (Å²) in [6.45, 7) is 5.81. The molecule has 1 saturated heterocycles. The SMILES string of the molecule is CCCc1cc(-c2n[nH]c3cc(C)ccc23)ccc1Oc1cccc(C[C@@]2(C)OC(=O)NC2=O)c1. The fourth-order valence-electron chi connectivity index (χ4n) is 4.50. The third-order valence-electron chi connectivity index (χ3n) is 6.25. The van der Waals surface area contributed by atoms with Crippen molar-refractivity contribution in [3.05, 3.63) is 77.4 Å². The Morgan fingerprint density at radius 2 is 1.91 bits per heavy atom. The zero-order valence-electron chi connectivity index (χ0n) is 20.0. The van der Waals surface area contributed by atoms with Crippen LogP contribution in [0.3, 0.4) is 0 Å². The van der Waals surface area contributed by atoms with Crippen molar-refractivity contribution >= 4 is 22.9 Å². The first-order valence-corrected chi connectivity index (χ1v) is 11.7. The Kier molecular flexibility index (Phi) is 5.76. The molecular weight excluding hydrogens is 442 g/mol. The largest absolute Gasteiger partial charge is 0.457 e. The number of imide groups is 1. The van der Waals surface area contributed by atoms with Crippen molar-refractivity contribution < 1.29 is 19.1 Å². The Morgan fingerprint density at radius 1 is 1.06 bits per heavy atom. The Bertz CT molecular complexity index is 1440. The van der Waals surface area contributed by atoms with Crippen LogP contribution in [0.15, 0.2) is 60.7 Å². The molecule has 1 aliphatic heterocycles. The molecule has 2 heterocycles. The lowest BCUT2D eigenvalue weighted by molar-refractivity contribution is -0.129. The molecule has 2 amide bonds. The van der Waals surface area contributed by atoms with Crippen LogP contribution in [0.2, 0.25) is 0 Å². The van der Waals surface area contributed by atoms with Crippen LogP contribution in [-0.2, 0) is 22.4 Å². The highest BCUT2D eigenvalue weighted by Crippen LogP contribution is 2.34. The highest BCUT2D eigenvalue weighted by Gasteiger charge is 2.44. The lowest BCUT2D eigenvalue weighted by atomic mass is 9.96. The molecule has 0 spiro atoms. The number of aryl methyl sites for hydroxylation is 2. The number of carbonyl (C=O) groups excluding carboxylic acids is 2. The van der Waals surface area contributed by atoms with Crippen molar-refractivity contribution in [3.63, 3.8) is 0 Å². The summed E-state index contributed by atoms with van der Waals surface area (Å²) in [6.07, 6.45) is 1.38. The van der Waals surface area contributed by atoms with E-state index >= 15 is 0 Å². The summed E-state index contributed by atoms with van der Waals surface area (Å²) in [7, 11) is 0. The molecule has 0 unspecified atom stereocenters.